The van der Waals surface area contributed by atoms with Crippen LogP contribution in [0.3, 0.4) is 0 Å². The second kappa shape index (κ2) is 8.81. The average Bonchev–Trinajstić information content (AvgIpc) is 2.34. The number of nitrogens with two attached hydrogens (primary N) is 1. The molecule has 1 aliphatic rings. The van der Waals surface area contributed by atoms with Crippen LogP contribution in [0.5, 0.6) is 0 Å². The molecule has 0 aromatic carbocycles. The van der Waals surface area contributed by atoms with Crippen molar-refractivity contribution in [2.75, 3.05) is 11.5 Å². The molecular weight excluding hydrogens is 302 g/mol. The monoisotopic (exact) mass is 323 g/mol. The summed E-state index contributed by atoms with van der Waals surface area (Å²) in [5.41, 5.74) is 5.75. The van der Waals surface area contributed by atoms with Crippen LogP contribution < -0.4 is 15.8 Å². The van der Waals surface area contributed by atoms with Crippen molar-refractivity contribution in [2.45, 2.75) is 44.0 Å². The first-order valence-electron chi connectivity index (χ1n) is 6.52. The third-order valence-electron chi connectivity index (χ3n) is 2.31. The first kappa shape index (κ1) is 16.8. The van der Waals surface area contributed by atoms with Gasteiger partial charge in [0, 0.05) is 5.75 Å². The van der Waals surface area contributed by atoms with Gasteiger partial charge in [-0.25, -0.2) is 0 Å². The number of hydrogen-bond donors (Lipinski definition) is 3. The van der Waals surface area contributed by atoms with Crippen molar-refractivity contribution in [3.63, 3.8) is 0 Å². The topological polar surface area (TPSA) is 74.8 Å². The van der Waals surface area contributed by atoms with Crippen LogP contribution >= 0.6 is 35.3 Å². The number of unbranched alkanes of at least 4 members (excludes halogenated alkanes) is 2. The summed E-state index contributed by atoms with van der Waals surface area (Å²) in [6.45, 7) is 4.30. The second-order valence-electron chi connectivity index (χ2n) is 4.12. The van der Waals surface area contributed by atoms with E-state index < -0.39 is 4.45 Å². The van der Waals surface area contributed by atoms with Gasteiger partial charge in [-0.2, -0.15) is 9.98 Å². The number of rotatable bonds is 8. The van der Waals surface area contributed by atoms with E-state index in [9.17, 15) is 0 Å². The van der Waals surface area contributed by atoms with Gasteiger partial charge in [-0.1, -0.05) is 62.0 Å². The lowest BCUT2D eigenvalue weighted by molar-refractivity contribution is 0.833. The van der Waals surface area contributed by atoms with Crippen molar-refractivity contribution >= 4 is 47.2 Å². The zero-order chi connectivity index (χ0) is 14.1. The van der Waals surface area contributed by atoms with E-state index in [1.807, 2.05) is 0 Å². The Balaban J connectivity index is 2.49. The predicted octanol–water partition coefficient (Wildman–Crippen LogP) is 2.68. The van der Waals surface area contributed by atoms with Crippen LogP contribution in [0.2, 0.25) is 0 Å². The fourth-order valence-electron chi connectivity index (χ4n) is 1.28. The summed E-state index contributed by atoms with van der Waals surface area (Å²) in [5, 5.41) is 2.89. The van der Waals surface area contributed by atoms with Gasteiger partial charge in [0.05, 0.1) is 0 Å². The van der Waals surface area contributed by atoms with Crippen molar-refractivity contribution in [3.8, 4) is 0 Å². The number of nitrogens with one attached hydrogen (secondary N) is 2. The molecule has 0 spiro atoms. The summed E-state index contributed by atoms with van der Waals surface area (Å²) < 4.78 is 2.10. The van der Waals surface area contributed by atoms with Gasteiger partial charge >= 0.3 is 0 Å². The van der Waals surface area contributed by atoms with Crippen molar-refractivity contribution in [1.82, 2.24) is 10.0 Å². The maximum absolute atomic E-state index is 6.36. The Morgan fingerprint density at radius 3 is 2.63 bits per heavy atom. The van der Waals surface area contributed by atoms with Gasteiger partial charge in [0.15, 0.2) is 5.96 Å². The third kappa shape index (κ3) is 6.63. The molecule has 0 bridgehead atoms. The molecule has 110 valence electrons. The van der Waals surface area contributed by atoms with Crippen LogP contribution in [0.15, 0.2) is 9.98 Å². The lowest BCUT2D eigenvalue weighted by atomic mass is 10.4. The van der Waals surface area contributed by atoms with Gasteiger partial charge in [-0.3, -0.25) is 10.0 Å². The molecule has 0 aromatic heterocycles. The lowest BCUT2D eigenvalue weighted by Gasteiger charge is -2.25. The molecule has 0 saturated carbocycles. The summed E-state index contributed by atoms with van der Waals surface area (Å²) >= 11 is 9.45. The zero-order valence-electron chi connectivity index (χ0n) is 11.4. The first-order valence-corrected chi connectivity index (χ1v) is 8.87. The van der Waals surface area contributed by atoms with Crippen molar-refractivity contribution in [1.29, 1.82) is 0 Å². The minimum absolute atomic E-state index is 0.299. The minimum atomic E-state index is -1.03. The minimum Gasteiger partial charge on any atom is -0.369 e. The third-order valence-corrected chi connectivity index (χ3v) is 4.68. The van der Waals surface area contributed by atoms with Crippen LogP contribution in [0.4, 0.5) is 0 Å². The standard InChI is InChI=1S/C11H22ClN5S2/c1-3-5-7-18-11(12)15-9(13)14-10(16-11)17-19-8-6-4-2/h3-8H2,1-2H3,(H4,13,14,15,16,17). The summed E-state index contributed by atoms with van der Waals surface area (Å²) in [5.74, 6) is 2.81. The van der Waals surface area contributed by atoms with Crippen LogP contribution in [-0.2, 0) is 0 Å². The lowest BCUT2D eigenvalue weighted by Crippen LogP contribution is -2.48. The van der Waals surface area contributed by atoms with Gasteiger partial charge in [-0.15, -0.1) is 0 Å². The summed E-state index contributed by atoms with van der Waals surface area (Å²) in [6, 6.07) is 0. The summed E-state index contributed by atoms with van der Waals surface area (Å²) in [7, 11) is 0. The highest BCUT2D eigenvalue weighted by Gasteiger charge is 2.30. The maximum atomic E-state index is 6.36. The molecule has 1 atom stereocenters. The molecule has 4 N–H and O–H groups in total. The van der Waals surface area contributed by atoms with E-state index in [-0.39, 0.29) is 0 Å². The molecule has 0 amide bonds. The average molecular weight is 324 g/mol. The number of thioether (sulfide) groups is 1. The van der Waals surface area contributed by atoms with E-state index in [0.717, 1.165) is 30.8 Å². The molecule has 5 nitrogen and oxygen atoms in total. The molecule has 0 saturated heterocycles. The Kier molecular flexibility index (Phi) is 7.78. The Morgan fingerprint density at radius 2 is 1.95 bits per heavy atom. The number of guanidine groups is 2. The number of hydrogen-bond acceptors (Lipinski definition) is 7. The molecule has 0 radical (unpaired) electrons. The van der Waals surface area contributed by atoms with Crippen molar-refractivity contribution < 1.29 is 0 Å². The van der Waals surface area contributed by atoms with E-state index in [2.05, 4.69) is 33.9 Å². The first-order chi connectivity index (χ1) is 9.09. The van der Waals surface area contributed by atoms with Gasteiger partial charge in [0.1, 0.15) is 0 Å². The Hall–Kier alpha value is -0.270. The molecule has 1 heterocycles. The molecule has 0 aliphatic carbocycles. The van der Waals surface area contributed by atoms with Gasteiger partial charge in [0.2, 0.25) is 5.96 Å². The van der Waals surface area contributed by atoms with E-state index in [1.54, 1.807) is 11.9 Å². The van der Waals surface area contributed by atoms with E-state index in [1.165, 1.54) is 18.2 Å². The molecule has 1 unspecified atom stereocenters. The highest BCUT2D eigenvalue weighted by atomic mass is 35.5. The molecule has 1 aliphatic heterocycles. The van der Waals surface area contributed by atoms with E-state index >= 15 is 0 Å². The highest BCUT2D eigenvalue weighted by molar-refractivity contribution is 8.01. The zero-order valence-corrected chi connectivity index (χ0v) is 13.8. The highest BCUT2D eigenvalue weighted by Crippen LogP contribution is 2.35. The molecule has 8 heteroatoms. The Bertz CT molecular complexity index is 337. The van der Waals surface area contributed by atoms with E-state index in [4.69, 9.17) is 17.3 Å². The molecular formula is C11H22ClN5S2. The SMILES string of the molecule is CCCCSNC1=NC(Cl)(SCCCC)N=C(N)N1. The van der Waals surface area contributed by atoms with Gasteiger partial charge < -0.3 is 5.73 Å². The fraction of sp³-hybridized carbons (Fsp3) is 0.818. The van der Waals surface area contributed by atoms with Gasteiger partial charge in [0.25, 0.3) is 4.45 Å². The van der Waals surface area contributed by atoms with Crippen molar-refractivity contribution in [2.24, 2.45) is 15.7 Å². The number of nitrogens with zero attached hydrogens (tertiary/aromatic N) is 2. The molecule has 0 fully saturated rings. The van der Waals surface area contributed by atoms with Crippen molar-refractivity contribution in [3.05, 3.63) is 0 Å². The number of alkyl halides is 1. The molecule has 19 heavy (non-hydrogen) atoms. The Labute approximate surface area is 128 Å². The quantitative estimate of drug-likeness (QED) is 0.277. The van der Waals surface area contributed by atoms with Crippen LogP contribution in [0.1, 0.15) is 39.5 Å². The van der Waals surface area contributed by atoms with Crippen LogP contribution in [0.25, 0.3) is 0 Å². The molecule has 0 aromatic rings. The largest absolute Gasteiger partial charge is 0.369 e. The maximum Gasteiger partial charge on any atom is 0.281 e. The second-order valence-corrected chi connectivity index (χ2v) is 7.04. The predicted molar refractivity (Wildman–Crippen MR) is 88.6 cm³/mol. The van der Waals surface area contributed by atoms with Gasteiger partial charge in [-0.05, 0) is 18.6 Å². The van der Waals surface area contributed by atoms with E-state index in [0.29, 0.717) is 11.9 Å². The summed E-state index contributed by atoms with van der Waals surface area (Å²) in [6.07, 6.45) is 4.54. The molecule has 1 rings (SSSR count). The van der Waals surface area contributed by atoms with Crippen LogP contribution in [0, 0.1) is 0 Å². The van der Waals surface area contributed by atoms with Crippen LogP contribution in [-0.4, -0.2) is 27.9 Å². The smallest absolute Gasteiger partial charge is 0.281 e. The number of halogens is 1. The Morgan fingerprint density at radius 1 is 1.26 bits per heavy atom. The summed E-state index contributed by atoms with van der Waals surface area (Å²) in [4.78, 5) is 8.52. The normalized spacial score (nSPS) is 22.5. The fourth-order valence-corrected chi connectivity index (χ4v) is 3.47. The number of aliphatic imine (C=N–C) groups is 2.